The maximum absolute atomic E-state index is 11.9. The van der Waals surface area contributed by atoms with Crippen molar-refractivity contribution in [3.05, 3.63) is 53.9 Å². The van der Waals surface area contributed by atoms with Gasteiger partial charge in [-0.05, 0) is 36.2 Å². The molecule has 5 nitrogen and oxygen atoms in total. The van der Waals surface area contributed by atoms with Crippen LogP contribution in [0.4, 0.5) is 5.69 Å². The fourth-order valence-electron chi connectivity index (χ4n) is 1.90. The number of hydrogen-bond acceptors (Lipinski definition) is 4. The number of benzene rings is 1. The second-order valence-electron chi connectivity index (χ2n) is 4.69. The lowest BCUT2D eigenvalue weighted by Gasteiger charge is -2.09. The summed E-state index contributed by atoms with van der Waals surface area (Å²) in [5.74, 6) is 0.622. The van der Waals surface area contributed by atoms with Crippen molar-refractivity contribution in [2.45, 2.75) is 13.5 Å². The Morgan fingerprint density at radius 3 is 2.95 bits per heavy atom. The largest absolute Gasteiger partial charge is 0.497 e. The zero-order chi connectivity index (χ0) is 15.1. The third-order valence-corrected chi connectivity index (χ3v) is 3.10. The average molecular weight is 285 g/mol. The van der Waals surface area contributed by atoms with Gasteiger partial charge >= 0.3 is 0 Å². The molecule has 0 radical (unpaired) electrons. The van der Waals surface area contributed by atoms with Gasteiger partial charge in [0, 0.05) is 30.7 Å². The molecule has 0 unspecified atom stereocenters. The quantitative estimate of drug-likeness (QED) is 0.853. The van der Waals surface area contributed by atoms with Crippen LogP contribution in [0.3, 0.4) is 0 Å². The van der Waals surface area contributed by atoms with Crippen LogP contribution in [0.2, 0.25) is 0 Å². The van der Waals surface area contributed by atoms with Crippen molar-refractivity contribution in [3.63, 3.8) is 0 Å². The van der Waals surface area contributed by atoms with E-state index in [0.717, 1.165) is 16.8 Å². The van der Waals surface area contributed by atoms with Crippen LogP contribution in [0, 0.1) is 6.92 Å². The maximum Gasteiger partial charge on any atom is 0.238 e. The van der Waals surface area contributed by atoms with Crippen LogP contribution in [-0.4, -0.2) is 24.5 Å². The number of nitrogens with one attached hydrogen (secondary N) is 2. The van der Waals surface area contributed by atoms with Gasteiger partial charge in [-0.3, -0.25) is 9.78 Å². The highest BCUT2D eigenvalue weighted by molar-refractivity contribution is 5.92. The van der Waals surface area contributed by atoms with E-state index in [1.807, 2.05) is 37.4 Å². The molecule has 0 atom stereocenters. The van der Waals surface area contributed by atoms with Crippen molar-refractivity contribution >= 4 is 11.6 Å². The fraction of sp³-hybridized carbons (Fsp3) is 0.250. The zero-order valence-electron chi connectivity index (χ0n) is 12.2. The summed E-state index contributed by atoms with van der Waals surface area (Å²) in [6, 6.07) is 9.22. The van der Waals surface area contributed by atoms with Gasteiger partial charge in [-0.2, -0.15) is 0 Å². The van der Waals surface area contributed by atoms with Gasteiger partial charge in [0.2, 0.25) is 5.91 Å². The summed E-state index contributed by atoms with van der Waals surface area (Å²) in [6.07, 6.45) is 3.57. The summed E-state index contributed by atoms with van der Waals surface area (Å²) in [5, 5.41) is 5.93. The Hall–Kier alpha value is -2.40. The second kappa shape index (κ2) is 7.40. The summed E-state index contributed by atoms with van der Waals surface area (Å²) >= 11 is 0. The number of carbonyl (C=O) groups is 1. The Kier molecular flexibility index (Phi) is 5.29. The monoisotopic (exact) mass is 285 g/mol. The van der Waals surface area contributed by atoms with E-state index >= 15 is 0 Å². The summed E-state index contributed by atoms with van der Waals surface area (Å²) in [4.78, 5) is 15.9. The van der Waals surface area contributed by atoms with Crippen LogP contribution < -0.4 is 15.4 Å². The van der Waals surface area contributed by atoms with Gasteiger partial charge in [0.1, 0.15) is 5.75 Å². The Morgan fingerprint density at radius 1 is 1.33 bits per heavy atom. The van der Waals surface area contributed by atoms with Crippen molar-refractivity contribution in [2.24, 2.45) is 0 Å². The molecule has 0 saturated carbocycles. The average Bonchev–Trinajstić information content (AvgIpc) is 2.49. The number of pyridine rings is 1. The number of hydrogen-bond donors (Lipinski definition) is 2. The number of aryl methyl sites for hydroxylation is 1. The molecule has 0 aliphatic heterocycles. The molecular formula is C16H19N3O2. The van der Waals surface area contributed by atoms with Crippen LogP contribution in [0.15, 0.2) is 42.7 Å². The molecule has 0 spiro atoms. The minimum absolute atomic E-state index is 0.0928. The second-order valence-corrected chi connectivity index (χ2v) is 4.69. The number of anilines is 1. The first-order valence-corrected chi connectivity index (χ1v) is 6.73. The molecule has 2 rings (SSSR count). The number of rotatable bonds is 6. The summed E-state index contributed by atoms with van der Waals surface area (Å²) in [6.45, 7) is 2.88. The van der Waals surface area contributed by atoms with Crippen molar-refractivity contribution in [2.75, 3.05) is 19.0 Å². The molecule has 0 bridgehead atoms. The Labute approximate surface area is 124 Å². The maximum atomic E-state index is 11.9. The van der Waals surface area contributed by atoms with Gasteiger partial charge in [0.25, 0.3) is 0 Å². The lowest BCUT2D eigenvalue weighted by Crippen LogP contribution is -2.28. The highest BCUT2D eigenvalue weighted by atomic mass is 16.5. The van der Waals surface area contributed by atoms with E-state index in [1.54, 1.807) is 19.4 Å². The SMILES string of the molecule is COc1cccc(NC(=O)CNCc2cnccc2C)c1. The summed E-state index contributed by atoms with van der Waals surface area (Å²) < 4.78 is 5.11. The number of nitrogens with zero attached hydrogens (tertiary/aromatic N) is 1. The van der Waals surface area contributed by atoms with Crippen molar-refractivity contribution in [3.8, 4) is 5.75 Å². The van der Waals surface area contributed by atoms with Gasteiger partial charge in [-0.1, -0.05) is 6.07 Å². The fourth-order valence-corrected chi connectivity index (χ4v) is 1.90. The summed E-state index contributed by atoms with van der Waals surface area (Å²) in [7, 11) is 1.60. The van der Waals surface area contributed by atoms with Crippen LogP contribution in [0.25, 0.3) is 0 Å². The van der Waals surface area contributed by atoms with E-state index in [9.17, 15) is 4.79 Å². The van der Waals surface area contributed by atoms with E-state index < -0.39 is 0 Å². The molecule has 21 heavy (non-hydrogen) atoms. The Bertz CT molecular complexity index is 614. The van der Waals surface area contributed by atoms with Gasteiger partial charge < -0.3 is 15.4 Å². The third-order valence-electron chi connectivity index (χ3n) is 3.10. The van der Waals surface area contributed by atoms with E-state index in [4.69, 9.17) is 4.74 Å². The van der Waals surface area contributed by atoms with E-state index in [-0.39, 0.29) is 12.5 Å². The first-order chi connectivity index (χ1) is 10.2. The van der Waals surface area contributed by atoms with Gasteiger partial charge in [-0.15, -0.1) is 0 Å². The Morgan fingerprint density at radius 2 is 2.19 bits per heavy atom. The standard InChI is InChI=1S/C16H19N3O2/c1-12-6-7-17-9-13(12)10-18-11-16(20)19-14-4-3-5-15(8-14)21-2/h3-9,18H,10-11H2,1-2H3,(H,19,20). The van der Waals surface area contributed by atoms with Gasteiger partial charge in [-0.25, -0.2) is 0 Å². The van der Waals surface area contributed by atoms with E-state index in [1.165, 1.54) is 0 Å². The number of aromatic nitrogens is 1. The molecule has 0 fully saturated rings. The van der Waals surface area contributed by atoms with Crippen molar-refractivity contribution in [1.82, 2.24) is 10.3 Å². The molecule has 110 valence electrons. The van der Waals surface area contributed by atoms with Crippen molar-refractivity contribution in [1.29, 1.82) is 0 Å². The molecule has 2 N–H and O–H groups in total. The van der Waals surface area contributed by atoms with Crippen LogP contribution >= 0.6 is 0 Å². The smallest absolute Gasteiger partial charge is 0.238 e. The van der Waals surface area contributed by atoms with Crippen LogP contribution in [-0.2, 0) is 11.3 Å². The van der Waals surface area contributed by atoms with Gasteiger partial charge in [0.05, 0.1) is 13.7 Å². The number of ether oxygens (including phenoxy) is 1. The third kappa shape index (κ3) is 4.57. The Balaban J connectivity index is 1.81. The highest BCUT2D eigenvalue weighted by Crippen LogP contribution is 2.16. The number of carbonyl (C=O) groups excluding carboxylic acids is 1. The number of methoxy groups -OCH3 is 1. The molecule has 5 heteroatoms. The molecule has 2 aromatic rings. The zero-order valence-corrected chi connectivity index (χ0v) is 12.2. The molecule has 0 aliphatic carbocycles. The first kappa shape index (κ1) is 15.0. The molecule has 1 aromatic heterocycles. The number of amides is 1. The topological polar surface area (TPSA) is 63.2 Å². The molecule has 1 amide bonds. The lowest BCUT2D eigenvalue weighted by atomic mass is 10.1. The minimum Gasteiger partial charge on any atom is -0.497 e. The van der Waals surface area contributed by atoms with Crippen molar-refractivity contribution < 1.29 is 9.53 Å². The molecular weight excluding hydrogens is 266 g/mol. The minimum atomic E-state index is -0.0928. The lowest BCUT2D eigenvalue weighted by molar-refractivity contribution is -0.115. The molecule has 0 saturated heterocycles. The normalized spacial score (nSPS) is 10.2. The van der Waals surface area contributed by atoms with Gasteiger partial charge in [0.15, 0.2) is 0 Å². The molecule has 1 aromatic carbocycles. The van der Waals surface area contributed by atoms with Crippen LogP contribution in [0.5, 0.6) is 5.75 Å². The molecule has 0 aliphatic rings. The van der Waals surface area contributed by atoms with Crippen LogP contribution in [0.1, 0.15) is 11.1 Å². The molecule has 1 heterocycles. The highest BCUT2D eigenvalue weighted by Gasteiger charge is 2.04. The first-order valence-electron chi connectivity index (χ1n) is 6.73. The summed E-state index contributed by atoms with van der Waals surface area (Å²) in [5.41, 5.74) is 2.97. The van der Waals surface area contributed by atoms with E-state index in [0.29, 0.717) is 12.3 Å². The van der Waals surface area contributed by atoms with E-state index in [2.05, 4.69) is 15.6 Å². The predicted molar refractivity (Wildman–Crippen MR) is 82.3 cm³/mol. The predicted octanol–water partition coefficient (Wildman–Crippen LogP) is 2.13.